The monoisotopic (exact) mass is 253 g/mol. The Kier molecular flexibility index (Phi) is 5.01. The van der Waals surface area contributed by atoms with Crippen LogP contribution in [0.25, 0.3) is 0 Å². The van der Waals surface area contributed by atoms with E-state index in [4.69, 9.17) is 0 Å². The van der Waals surface area contributed by atoms with Gasteiger partial charge in [-0.3, -0.25) is 9.69 Å². The Morgan fingerprint density at radius 1 is 1.33 bits per heavy atom. The van der Waals surface area contributed by atoms with Crippen LogP contribution in [0.15, 0.2) is 0 Å². The molecule has 104 valence electrons. The molecule has 4 nitrogen and oxygen atoms in total. The third-order valence-electron chi connectivity index (χ3n) is 4.28. The van der Waals surface area contributed by atoms with Gasteiger partial charge in [-0.15, -0.1) is 0 Å². The van der Waals surface area contributed by atoms with Crippen LogP contribution < -0.4 is 10.6 Å². The Morgan fingerprint density at radius 2 is 2.11 bits per heavy atom. The Bertz CT molecular complexity index is 282. The number of amides is 1. The maximum atomic E-state index is 12.1. The molecule has 1 saturated carbocycles. The molecular weight excluding hydrogens is 226 g/mol. The van der Waals surface area contributed by atoms with Crippen molar-refractivity contribution in [2.75, 3.05) is 26.2 Å². The van der Waals surface area contributed by atoms with Gasteiger partial charge >= 0.3 is 0 Å². The predicted octanol–water partition coefficient (Wildman–Crippen LogP) is 0.975. The molecule has 1 amide bonds. The molecule has 2 fully saturated rings. The Hall–Kier alpha value is -0.610. The van der Waals surface area contributed by atoms with Crippen molar-refractivity contribution in [2.45, 2.75) is 51.6 Å². The van der Waals surface area contributed by atoms with Gasteiger partial charge in [-0.2, -0.15) is 0 Å². The number of hydrogen-bond donors (Lipinski definition) is 2. The second kappa shape index (κ2) is 6.53. The van der Waals surface area contributed by atoms with Gasteiger partial charge in [0.05, 0.1) is 6.54 Å². The van der Waals surface area contributed by atoms with Crippen molar-refractivity contribution in [1.82, 2.24) is 15.5 Å². The predicted molar refractivity (Wildman–Crippen MR) is 73.5 cm³/mol. The first-order valence-corrected chi connectivity index (χ1v) is 7.40. The fraction of sp³-hybridized carbons (Fsp3) is 0.929. The van der Waals surface area contributed by atoms with Crippen molar-refractivity contribution in [3.8, 4) is 0 Å². The van der Waals surface area contributed by atoms with Crippen molar-refractivity contribution in [3.63, 3.8) is 0 Å². The van der Waals surface area contributed by atoms with E-state index in [-0.39, 0.29) is 5.91 Å². The van der Waals surface area contributed by atoms with E-state index in [1.807, 2.05) is 0 Å². The van der Waals surface area contributed by atoms with Gasteiger partial charge in [-0.25, -0.2) is 0 Å². The van der Waals surface area contributed by atoms with Gasteiger partial charge < -0.3 is 10.6 Å². The lowest BCUT2D eigenvalue weighted by Gasteiger charge is -2.33. The van der Waals surface area contributed by atoms with E-state index in [9.17, 15) is 4.79 Å². The number of nitrogens with one attached hydrogen (secondary N) is 2. The molecule has 18 heavy (non-hydrogen) atoms. The molecule has 0 bridgehead atoms. The van der Waals surface area contributed by atoms with E-state index in [1.54, 1.807) is 0 Å². The molecule has 2 unspecified atom stereocenters. The molecule has 1 heterocycles. The summed E-state index contributed by atoms with van der Waals surface area (Å²) in [5.41, 5.74) is 0. The van der Waals surface area contributed by atoms with Gasteiger partial charge in [0.25, 0.3) is 0 Å². The molecule has 1 saturated heterocycles. The van der Waals surface area contributed by atoms with Crippen molar-refractivity contribution in [1.29, 1.82) is 0 Å². The first-order chi connectivity index (χ1) is 8.65. The zero-order chi connectivity index (χ0) is 13.0. The van der Waals surface area contributed by atoms with Crippen molar-refractivity contribution in [2.24, 2.45) is 5.92 Å². The van der Waals surface area contributed by atoms with E-state index in [1.165, 1.54) is 19.3 Å². The first-order valence-electron chi connectivity index (χ1n) is 7.40. The maximum Gasteiger partial charge on any atom is 0.234 e. The molecule has 0 radical (unpaired) electrons. The van der Waals surface area contributed by atoms with E-state index in [2.05, 4.69) is 29.4 Å². The van der Waals surface area contributed by atoms with Crippen LogP contribution in [-0.2, 0) is 4.79 Å². The first kappa shape index (κ1) is 13.8. The summed E-state index contributed by atoms with van der Waals surface area (Å²) in [6.45, 7) is 7.96. The van der Waals surface area contributed by atoms with Crippen LogP contribution in [0, 0.1) is 5.92 Å². The van der Waals surface area contributed by atoms with Crippen LogP contribution in [0.2, 0.25) is 0 Å². The van der Waals surface area contributed by atoms with Crippen molar-refractivity contribution < 1.29 is 4.79 Å². The standard InChI is InChI=1S/C14H27N3O/c1-11-5-3-4-6-13(11)16-14(18)10-17-8-7-15-12(2)9-17/h11-13,15H,3-10H2,1-2H3,(H,16,18)/t11?,12-,13?/m0/s1. The number of rotatable bonds is 3. The minimum Gasteiger partial charge on any atom is -0.352 e. The average molecular weight is 253 g/mol. The van der Waals surface area contributed by atoms with Crippen molar-refractivity contribution in [3.05, 3.63) is 0 Å². The van der Waals surface area contributed by atoms with Gasteiger partial charge in [0.2, 0.25) is 5.91 Å². The minimum absolute atomic E-state index is 0.211. The molecule has 0 aromatic heterocycles. The number of piperazine rings is 1. The van der Waals surface area contributed by atoms with Gasteiger partial charge in [0, 0.05) is 31.7 Å². The topological polar surface area (TPSA) is 44.4 Å². The fourth-order valence-corrected chi connectivity index (χ4v) is 3.14. The van der Waals surface area contributed by atoms with Crippen molar-refractivity contribution >= 4 is 5.91 Å². The lowest BCUT2D eigenvalue weighted by atomic mass is 9.86. The van der Waals surface area contributed by atoms with E-state index in [0.717, 1.165) is 26.1 Å². The van der Waals surface area contributed by atoms with Gasteiger partial charge in [-0.05, 0) is 25.7 Å². The van der Waals surface area contributed by atoms with E-state index in [0.29, 0.717) is 24.5 Å². The average Bonchev–Trinajstić information content (AvgIpc) is 2.32. The van der Waals surface area contributed by atoms with E-state index < -0.39 is 0 Å². The number of hydrogen-bond acceptors (Lipinski definition) is 3. The molecule has 0 spiro atoms. The summed E-state index contributed by atoms with van der Waals surface area (Å²) < 4.78 is 0. The molecule has 3 atom stereocenters. The van der Waals surface area contributed by atoms with Crippen LogP contribution in [0.1, 0.15) is 39.5 Å². The van der Waals surface area contributed by atoms with Gasteiger partial charge in [0.15, 0.2) is 0 Å². The summed E-state index contributed by atoms with van der Waals surface area (Å²) in [6.07, 6.45) is 5.00. The summed E-state index contributed by atoms with van der Waals surface area (Å²) in [6, 6.07) is 0.909. The Morgan fingerprint density at radius 3 is 2.83 bits per heavy atom. The molecule has 2 N–H and O–H groups in total. The zero-order valence-corrected chi connectivity index (χ0v) is 11.7. The summed E-state index contributed by atoms with van der Waals surface area (Å²) in [5, 5.41) is 6.63. The molecule has 0 aromatic carbocycles. The SMILES string of the molecule is CC1CCCCC1NC(=O)CN1CCN[C@@H](C)C1. The summed E-state index contributed by atoms with van der Waals surface area (Å²) in [7, 11) is 0. The van der Waals surface area contributed by atoms with Crippen LogP contribution in [0.5, 0.6) is 0 Å². The molecule has 0 aromatic rings. The van der Waals surface area contributed by atoms with Crippen LogP contribution in [0.3, 0.4) is 0 Å². The molecule has 4 heteroatoms. The smallest absolute Gasteiger partial charge is 0.234 e. The Labute approximate surface area is 110 Å². The fourth-order valence-electron chi connectivity index (χ4n) is 3.14. The molecular formula is C14H27N3O. The van der Waals surface area contributed by atoms with E-state index >= 15 is 0 Å². The van der Waals surface area contributed by atoms with Crippen LogP contribution in [0.4, 0.5) is 0 Å². The molecule has 2 rings (SSSR count). The summed E-state index contributed by atoms with van der Waals surface area (Å²) >= 11 is 0. The summed E-state index contributed by atoms with van der Waals surface area (Å²) in [5.74, 6) is 0.854. The Balaban J connectivity index is 1.74. The highest BCUT2D eigenvalue weighted by atomic mass is 16.2. The number of carbonyl (C=O) groups excluding carboxylic acids is 1. The number of nitrogens with zero attached hydrogens (tertiary/aromatic N) is 1. The molecule has 1 aliphatic carbocycles. The third kappa shape index (κ3) is 3.95. The lowest BCUT2D eigenvalue weighted by molar-refractivity contribution is -0.123. The second-order valence-corrected chi connectivity index (χ2v) is 6.03. The van der Waals surface area contributed by atoms with Crippen LogP contribution >= 0.6 is 0 Å². The molecule has 1 aliphatic heterocycles. The normalized spacial score (nSPS) is 34.2. The van der Waals surface area contributed by atoms with Gasteiger partial charge in [-0.1, -0.05) is 19.8 Å². The quantitative estimate of drug-likeness (QED) is 0.788. The van der Waals surface area contributed by atoms with Crippen LogP contribution in [-0.4, -0.2) is 49.1 Å². The number of carbonyl (C=O) groups is 1. The van der Waals surface area contributed by atoms with Gasteiger partial charge in [0.1, 0.15) is 0 Å². The maximum absolute atomic E-state index is 12.1. The summed E-state index contributed by atoms with van der Waals surface area (Å²) in [4.78, 5) is 14.3. The largest absolute Gasteiger partial charge is 0.352 e. The highest BCUT2D eigenvalue weighted by Gasteiger charge is 2.24. The minimum atomic E-state index is 0.211. The second-order valence-electron chi connectivity index (χ2n) is 6.03. The highest BCUT2D eigenvalue weighted by molar-refractivity contribution is 5.78. The zero-order valence-electron chi connectivity index (χ0n) is 11.7. The highest BCUT2D eigenvalue weighted by Crippen LogP contribution is 2.23. The lowest BCUT2D eigenvalue weighted by Crippen LogP contribution is -2.53. The third-order valence-corrected chi connectivity index (χ3v) is 4.28. The molecule has 2 aliphatic rings.